The molecule has 0 spiro atoms. The van der Waals surface area contributed by atoms with Crippen LogP contribution in [0, 0.1) is 0 Å². The summed E-state index contributed by atoms with van der Waals surface area (Å²) in [7, 11) is 0. The van der Waals surface area contributed by atoms with E-state index in [2.05, 4.69) is 0 Å². The molecule has 1 N–H and O–H groups in total. The van der Waals surface area contributed by atoms with Gasteiger partial charge in [0.1, 0.15) is 11.5 Å². The Bertz CT molecular complexity index is 498. The highest BCUT2D eigenvalue weighted by Crippen LogP contribution is 2.18. The van der Waals surface area contributed by atoms with Crippen LogP contribution in [0.1, 0.15) is 33.6 Å². The van der Waals surface area contributed by atoms with Crippen LogP contribution in [-0.4, -0.2) is 47.7 Å². The highest BCUT2D eigenvalue weighted by atomic mass is 16.5. The van der Waals surface area contributed by atoms with Crippen LogP contribution in [0.2, 0.25) is 0 Å². The summed E-state index contributed by atoms with van der Waals surface area (Å²) in [4.78, 5) is 24.3. The van der Waals surface area contributed by atoms with Crippen molar-refractivity contribution >= 4 is 11.9 Å². The molecule has 128 valence electrons. The maximum absolute atomic E-state index is 12.2. The molecule has 6 heteroatoms. The van der Waals surface area contributed by atoms with E-state index in [1.165, 1.54) is 4.90 Å². The Labute approximate surface area is 137 Å². The van der Waals surface area contributed by atoms with Crippen molar-refractivity contribution in [1.82, 2.24) is 4.90 Å². The molecule has 0 radical (unpaired) electrons. The molecule has 0 aliphatic heterocycles. The number of carboxylic acid groups (broad SMARTS) is 1. The molecule has 1 aromatic rings. The van der Waals surface area contributed by atoms with Gasteiger partial charge in [0.15, 0.2) is 6.61 Å². The maximum atomic E-state index is 12.2. The summed E-state index contributed by atoms with van der Waals surface area (Å²) in [5, 5.41) is 8.74. The van der Waals surface area contributed by atoms with Crippen molar-refractivity contribution in [3.05, 3.63) is 24.3 Å². The van der Waals surface area contributed by atoms with E-state index < -0.39 is 5.97 Å². The van der Waals surface area contributed by atoms with Crippen LogP contribution in [0.3, 0.4) is 0 Å². The second-order valence-electron chi connectivity index (χ2n) is 5.43. The molecule has 0 atom stereocenters. The molecular weight excluding hydrogens is 298 g/mol. The third kappa shape index (κ3) is 7.04. The second kappa shape index (κ2) is 9.71. The SMILES string of the molecule is CCCOc1ccc(OCC(=O)N(CCC(=O)O)C(C)C)cc1. The first-order valence-corrected chi connectivity index (χ1v) is 7.81. The van der Waals surface area contributed by atoms with Gasteiger partial charge >= 0.3 is 5.97 Å². The molecule has 0 saturated carbocycles. The van der Waals surface area contributed by atoms with Gasteiger partial charge < -0.3 is 19.5 Å². The lowest BCUT2D eigenvalue weighted by Gasteiger charge is -2.26. The van der Waals surface area contributed by atoms with E-state index in [9.17, 15) is 9.59 Å². The van der Waals surface area contributed by atoms with E-state index in [-0.39, 0.29) is 31.5 Å². The van der Waals surface area contributed by atoms with Gasteiger partial charge in [-0.05, 0) is 44.5 Å². The molecule has 0 fully saturated rings. The van der Waals surface area contributed by atoms with Crippen LogP contribution in [0.25, 0.3) is 0 Å². The minimum absolute atomic E-state index is 0.0738. The number of hydrogen-bond acceptors (Lipinski definition) is 4. The van der Waals surface area contributed by atoms with E-state index in [1.807, 2.05) is 20.8 Å². The summed E-state index contributed by atoms with van der Waals surface area (Å²) in [5.74, 6) is 0.180. The Morgan fingerprint density at radius 3 is 2.17 bits per heavy atom. The Morgan fingerprint density at radius 1 is 1.13 bits per heavy atom. The lowest BCUT2D eigenvalue weighted by atomic mass is 10.2. The first-order valence-electron chi connectivity index (χ1n) is 7.81. The molecule has 1 amide bonds. The number of rotatable bonds is 10. The third-order valence-corrected chi connectivity index (χ3v) is 3.17. The number of nitrogens with zero attached hydrogens (tertiary/aromatic N) is 1. The predicted octanol–water partition coefficient (Wildman–Crippen LogP) is 2.57. The van der Waals surface area contributed by atoms with Crippen LogP contribution < -0.4 is 9.47 Å². The molecule has 6 nitrogen and oxygen atoms in total. The molecule has 0 aromatic heterocycles. The monoisotopic (exact) mass is 323 g/mol. The van der Waals surface area contributed by atoms with E-state index >= 15 is 0 Å². The largest absolute Gasteiger partial charge is 0.494 e. The van der Waals surface area contributed by atoms with Crippen LogP contribution in [-0.2, 0) is 9.59 Å². The molecule has 0 unspecified atom stereocenters. The van der Waals surface area contributed by atoms with Gasteiger partial charge in [-0.15, -0.1) is 0 Å². The fourth-order valence-electron chi connectivity index (χ4n) is 1.97. The molecule has 0 bridgehead atoms. The molecule has 23 heavy (non-hydrogen) atoms. The van der Waals surface area contributed by atoms with Crippen molar-refractivity contribution in [2.24, 2.45) is 0 Å². The number of carbonyl (C=O) groups is 2. The number of ether oxygens (including phenoxy) is 2. The average molecular weight is 323 g/mol. The van der Waals surface area contributed by atoms with Crippen LogP contribution >= 0.6 is 0 Å². The molecular formula is C17H25NO5. The number of amides is 1. The number of carboxylic acids is 1. The van der Waals surface area contributed by atoms with Crippen molar-refractivity contribution in [2.45, 2.75) is 39.7 Å². The molecule has 0 heterocycles. The van der Waals surface area contributed by atoms with Crippen molar-refractivity contribution in [2.75, 3.05) is 19.8 Å². The number of hydrogen-bond donors (Lipinski definition) is 1. The number of benzene rings is 1. The smallest absolute Gasteiger partial charge is 0.305 e. The summed E-state index contributed by atoms with van der Waals surface area (Å²) >= 11 is 0. The molecule has 1 aromatic carbocycles. The zero-order chi connectivity index (χ0) is 17.2. The van der Waals surface area contributed by atoms with E-state index in [0.717, 1.165) is 12.2 Å². The summed E-state index contributed by atoms with van der Waals surface area (Å²) in [6.45, 7) is 6.45. The van der Waals surface area contributed by atoms with Gasteiger partial charge in [-0.25, -0.2) is 0 Å². The van der Waals surface area contributed by atoms with Gasteiger partial charge in [0.25, 0.3) is 5.91 Å². The fourth-order valence-corrected chi connectivity index (χ4v) is 1.97. The zero-order valence-corrected chi connectivity index (χ0v) is 13.9. The van der Waals surface area contributed by atoms with Gasteiger partial charge in [0.05, 0.1) is 13.0 Å². The van der Waals surface area contributed by atoms with Crippen LogP contribution in [0.15, 0.2) is 24.3 Å². The maximum Gasteiger partial charge on any atom is 0.305 e. The Morgan fingerprint density at radius 2 is 1.70 bits per heavy atom. The standard InChI is InChI=1S/C17H25NO5/c1-4-11-22-14-5-7-15(8-6-14)23-12-16(19)18(13(2)3)10-9-17(20)21/h5-8,13H,4,9-12H2,1-3H3,(H,20,21). The van der Waals surface area contributed by atoms with Gasteiger partial charge in [0.2, 0.25) is 0 Å². The fraction of sp³-hybridized carbons (Fsp3) is 0.529. The summed E-state index contributed by atoms with van der Waals surface area (Å²) in [6, 6.07) is 7.00. The lowest BCUT2D eigenvalue weighted by Crippen LogP contribution is -2.41. The minimum Gasteiger partial charge on any atom is -0.494 e. The normalized spacial score (nSPS) is 10.4. The minimum atomic E-state index is -0.924. The molecule has 0 aliphatic rings. The first kappa shape index (κ1) is 18.8. The van der Waals surface area contributed by atoms with Gasteiger partial charge in [0, 0.05) is 12.6 Å². The summed E-state index contributed by atoms with van der Waals surface area (Å²) < 4.78 is 10.9. The Kier molecular flexibility index (Phi) is 7.94. The highest BCUT2D eigenvalue weighted by Gasteiger charge is 2.18. The predicted molar refractivity (Wildman–Crippen MR) is 86.8 cm³/mol. The second-order valence-corrected chi connectivity index (χ2v) is 5.43. The van der Waals surface area contributed by atoms with Crippen molar-refractivity contribution in [3.63, 3.8) is 0 Å². The van der Waals surface area contributed by atoms with Gasteiger partial charge in [-0.1, -0.05) is 6.92 Å². The summed E-state index contributed by atoms with van der Waals surface area (Å²) in [5.41, 5.74) is 0. The van der Waals surface area contributed by atoms with Crippen LogP contribution in [0.5, 0.6) is 11.5 Å². The molecule has 0 aliphatic carbocycles. The first-order chi connectivity index (χ1) is 10.9. The van der Waals surface area contributed by atoms with Crippen molar-refractivity contribution in [1.29, 1.82) is 0 Å². The van der Waals surface area contributed by atoms with Gasteiger partial charge in [-0.2, -0.15) is 0 Å². The van der Waals surface area contributed by atoms with Gasteiger partial charge in [-0.3, -0.25) is 9.59 Å². The zero-order valence-electron chi connectivity index (χ0n) is 13.9. The molecule has 0 saturated heterocycles. The highest BCUT2D eigenvalue weighted by molar-refractivity contribution is 5.78. The molecule has 1 rings (SSSR count). The van der Waals surface area contributed by atoms with E-state index in [1.54, 1.807) is 24.3 Å². The lowest BCUT2D eigenvalue weighted by molar-refractivity contribution is -0.139. The van der Waals surface area contributed by atoms with E-state index in [0.29, 0.717) is 12.4 Å². The van der Waals surface area contributed by atoms with Crippen molar-refractivity contribution < 1.29 is 24.2 Å². The van der Waals surface area contributed by atoms with Crippen LogP contribution in [0.4, 0.5) is 0 Å². The topological polar surface area (TPSA) is 76.1 Å². The number of aliphatic carboxylic acids is 1. The Hall–Kier alpha value is -2.24. The third-order valence-electron chi connectivity index (χ3n) is 3.17. The number of carbonyl (C=O) groups excluding carboxylic acids is 1. The van der Waals surface area contributed by atoms with E-state index in [4.69, 9.17) is 14.6 Å². The van der Waals surface area contributed by atoms with Crippen molar-refractivity contribution in [3.8, 4) is 11.5 Å². The quantitative estimate of drug-likeness (QED) is 0.716. The average Bonchev–Trinajstić information content (AvgIpc) is 2.51. The summed E-state index contributed by atoms with van der Waals surface area (Å²) in [6.07, 6.45) is 0.863. The Balaban J connectivity index is 2.51.